The van der Waals surface area contributed by atoms with Gasteiger partial charge in [-0.25, -0.2) is 8.78 Å². The molecule has 0 saturated heterocycles. The van der Waals surface area contributed by atoms with Crippen LogP contribution in [0.15, 0.2) is 71.2 Å². The van der Waals surface area contributed by atoms with Gasteiger partial charge in [-0.05, 0) is 42.0 Å². The van der Waals surface area contributed by atoms with E-state index in [0.717, 1.165) is 15.6 Å². The maximum absolute atomic E-state index is 13.7. The average molecular weight is 455 g/mol. The molecule has 3 aromatic carbocycles. The van der Waals surface area contributed by atoms with Crippen LogP contribution in [0, 0.1) is 11.6 Å². The van der Waals surface area contributed by atoms with Gasteiger partial charge in [0.05, 0.1) is 0 Å². The summed E-state index contributed by atoms with van der Waals surface area (Å²) in [5, 5.41) is 3.32. The number of ether oxygens (including phenoxy) is 1. The van der Waals surface area contributed by atoms with Gasteiger partial charge in [0.1, 0.15) is 24.0 Å². The Bertz CT molecular complexity index is 874. The molecule has 6 heteroatoms. The van der Waals surface area contributed by atoms with Crippen LogP contribution >= 0.6 is 28.3 Å². The highest BCUT2D eigenvalue weighted by atomic mass is 79.9. The van der Waals surface area contributed by atoms with Crippen molar-refractivity contribution in [1.82, 2.24) is 5.32 Å². The summed E-state index contributed by atoms with van der Waals surface area (Å²) in [6, 6.07) is 18.7. The van der Waals surface area contributed by atoms with Gasteiger partial charge < -0.3 is 10.1 Å². The fraction of sp³-hybridized carbons (Fsp3) is 0.143. The molecular formula is C21H19BrClF2NO. The van der Waals surface area contributed by atoms with E-state index >= 15 is 0 Å². The third-order valence-corrected chi connectivity index (χ3v) is 4.41. The molecular weight excluding hydrogens is 436 g/mol. The lowest BCUT2D eigenvalue weighted by Gasteiger charge is -2.13. The highest BCUT2D eigenvalue weighted by Gasteiger charge is 2.07. The maximum atomic E-state index is 13.7. The predicted octanol–water partition coefficient (Wildman–Crippen LogP) is 6.02. The molecule has 0 aromatic heterocycles. The standard InChI is InChI=1S/C21H18BrF2NO.ClH/c22-18-7-10-21(26-14-16-3-1-2-4-20(16)24)17(11-18)13-25-12-15-5-8-19(23)9-6-15;/h1-11,25H,12-14H2;1H. The van der Waals surface area contributed by atoms with Gasteiger partial charge >= 0.3 is 0 Å². The molecule has 1 N–H and O–H groups in total. The van der Waals surface area contributed by atoms with Crippen LogP contribution in [-0.4, -0.2) is 0 Å². The van der Waals surface area contributed by atoms with E-state index in [4.69, 9.17) is 4.74 Å². The monoisotopic (exact) mass is 453 g/mol. The molecule has 0 aliphatic heterocycles. The van der Waals surface area contributed by atoms with Crippen molar-refractivity contribution in [3.8, 4) is 5.75 Å². The second-order valence-corrected chi connectivity index (χ2v) is 6.78. The van der Waals surface area contributed by atoms with Crippen molar-refractivity contribution in [2.24, 2.45) is 0 Å². The number of rotatable bonds is 7. The quantitative estimate of drug-likeness (QED) is 0.471. The fourth-order valence-electron chi connectivity index (χ4n) is 2.54. The van der Waals surface area contributed by atoms with Gasteiger partial charge in [-0.15, -0.1) is 12.4 Å². The van der Waals surface area contributed by atoms with Gasteiger partial charge in [0.15, 0.2) is 0 Å². The first-order valence-electron chi connectivity index (χ1n) is 8.21. The van der Waals surface area contributed by atoms with Crippen molar-refractivity contribution in [3.05, 3.63) is 99.5 Å². The molecule has 0 spiro atoms. The third kappa shape index (κ3) is 6.31. The normalized spacial score (nSPS) is 10.3. The molecule has 0 atom stereocenters. The van der Waals surface area contributed by atoms with Crippen molar-refractivity contribution in [2.45, 2.75) is 19.7 Å². The van der Waals surface area contributed by atoms with Crippen molar-refractivity contribution in [3.63, 3.8) is 0 Å². The molecule has 0 radical (unpaired) electrons. The smallest absolute Gasteiger partial charge is 0.129 e. The van der Waals surface area contributed by atoms with Gasteiger partial charge in [0.25, 0.3) is 0 Å². The predicted molar refractivity (Wildman–Crippen MR) is 109 cm³/mol. The first kappa shape index (κ1) is 21.4. The van der Waals surface area contributed by atoms with E-state index in [1.54, 1.807) is 30.3 Å². The first-order chi connectivity index (χ1) is 12.6. The van der Waals surface area contributed by atoms with E-state index in [0.29, 0.717) is 24.4 Å². The number of hydrogen-bond donors (Lipinski definition) is 1. The Morgan fingerprint density at radius 2 is 1.59 bits per heavy atom. The van der Waals surface area contributed by atoms with Crippen LogP contribution in [0.4, 0.5) is 8.78 Å². The zero-order valence-electron chi connectivity index (χ0n) is 14.4. The second-order valence-electron chi connectivity index (χ2n) is 5.86. The van der Waals surface area contributed by atoms with E-state index in [1.165, 1.54) is 18.2 Å². The van der Waals surface area contributed by atoms with Gasteiger partial charge in [0, 0.05) is 28.7 Å². The van der Waals surface area contributed by atoms with Gasteiger partial charge in [0.2, 0.25) is 0 Å². The lowest BCUT2D eigenvalue weighted by Crippen LogP contribution is -2.14. The lowest BCUT2D eigenvalue weighted by atomic mass is 10.1. The van der Waals surface area contributed by atoms with E-state index in [9.17, 15) is 8.78 Å². The second kappa shape index (κ2) is 10.4. The molecule has 0 aliphatic rings. The largest absolute Gasteiger partial charge is 0.488 e. The molecule has 0 amide bonds. The van der Waals surface area contributed by atoms with Gasteiger partial charge in [-0.3, -0.25) is 0 Å². The van der Waals surface area contributed by atoms with E-state index in [2.05, 4.69) is 21.2 Å². The van der Waals surface area contributed by atoms with Crippen LogP contribution in [-0.2, 0) is 19.7 Å². The summed E-state index contributed by atoms with van der Waals surface area (Å²) in [5.41, 5.74) is 2.47. The van der Waals surface area contributed by atoms with E-state index in [-0.39, 0.29) is 30.6 Å². The Morgan fingerprint density at radius 1 is 0.852 bits per heavy atom. The Balaban J connectivity index is 0.00000261. The number of halogens is 4. The lowest BCUT2D eigenvalue weighted by molar-refractivity contribution is 0.296. The minimum Gasteiger partial charge on any atom is -0.488 e. The molecule has 2 nitrogen and oxygen atoms in total. The summed E-state index contributed by atoms with van der Waals surface area (Å²) in [7, 11) is 0. The Labute approximate surface area is 172 Å². The third-order valence-electron chi connectivity index (χ3n) is 3.92. The molecule has 0 unspecified atom stereocenters. The van der Waals surface area contributed by atoms with Crippen LogP contribution in [0.2, 0.25) is 0 Å². The van der Waals surface area contributed by atoms with Crippen LogP contribution in [0.3, 0.4) is 0 Å². The summed E-state index contributed by atoms with van der Waals surface area (Å²) in [4.78, 5) is 0. The molecule has 0 saturated carbocycles. The Kier molecular flexibility index (Phi) is 8.23. The van der Waals surface area contributed by atoms with Gasteiger partial charge in [-0.1, -0.05) is 46.3 Å². The van der Waals surface area contributed by atoms with Crippen LogP contribution < -0.4 is 10.1 Å². The Hall–Kier alpha value is -1.95. The first-order valence-corrected chi connectivity index (χ1v) is 9.01. The molecule has 0 heterocycles. The highest BCUT2D eigenvalue weighted by molar-refractivity contribution is 9.10. The molecule has 0 bridgehead atoms. The van der Waals surface area contributed by atoms with Crippen LogP contribution in [0.1, 0.15) is 16.7 Å². The van der Waals surface area contributed by atoms with Crippen molar-refractivity contribution >= 4 is 28.3 Å². The Morgan fingerprint density at radius 3 is 2.33 bits per heavy atom. The summed E-state index contributed by atoms with van der Waals surface area (Å²) in [5.74, 6) is 0.174. The van der Waals surface area contributed by atoms with Crippen molar-refractivity contribution in [2.75, 3.05) is 0 Å². The minimum atomic E-state index is -0.277. The summed E-state index contributed by atoms with van der Waals surface area (Å²) in [6.07, 6.45) is 0. The molecule has 142 valence electrons. The maximum Gasteiger partial charge on any atom is 0.129 e. The van der Waals surface area contributed by atoms with Crippen LogP contribution in [0.5, 0.6) is 5.75 Å². The molecule has 0 fully saturated rings. The van der Waals surface area contributed by atoms with Crippen molar-refractivity contribution in [1.29, 1.82) is 0 Å². The molecule has 3 rings (SSSR count). The van der Waals surface area contributed by atoms with Crippen LogP contribution in [0.25, 0.3) is 0 Å². The zero-order valence-corrected chi connectivity index (χ0v) is 16.8. The number of hydrogen-bond acceptors (Lipinski definition) is 2. The summed E-state index contributed by atoms with van der Waals surface area (Å²) >= 11 is 3.46. The zero-order chi connectivity index (χ0) is 18.4. The fourth-order valence-corrected chi connectivity index (χ4v) is 2.95. The number of benzene rings is 3. The molecule has 27 heavy (non-hydrogen) atoms. The SMILES string of the molecule is Cl.Fc1ccc(CNCc2cc(Br)ccc2OCc2ccccc2F)cc1. The number of nitrogens with one attached hydrogen (secondary N) is 1. The molecule has 3 aromatic rings. The topological polar surface area (TPSA) is 21.3 Å². The van der Waals surface area contributed by atoms with Crippen molar-refractivity contribution < 1.29 is 13.5 Å². The highest BCUT2D eigenvalue weighted by Crippen LogP contribution is 2.24. The van der Waals surface area contributed by atoms with Gasteiger partial charge in [-0.2, -0.15) is 0 Å². The van der Waals surface area contributed by atoms with E-state index < -0.39 is 0 Å². The molecule has 0 aliphatic carbocycles. The van der Waals surface area contributed by atoms with E-state index in [1.807, 2.05) is 18.2 Å². The summed E-state index contributed by atoms with van der Waals surface area (Å²) < 4.78 is 33.5. The average Bonchev–Trinajstić information content (AvgIpc) is 2.64. The minimum absolute atomic E-state index is 0. The summed E-state index contributed by atoms with van der Waals surface area (Å²) in [6.45, 7) is 1.35.